The van der Waals surface area contributed by atoms with Crippen molar-refractivity contribution in [2.24, 2.45) is 5.92 Å². The van der Waals surface area contributed by atoms with Gasteiger partial charge in [0, 0.05) is 12.1 Å². The van der Waals surface area contributed by atoms with E-state index in [0.717, 1.165) is 12.0 Å². The maximum Gasteiger partial charge on any atom is 0.00695 e. The van der Waals surface area contributed by atoms with Crippen molar-refractivity contribution in [1.29, 1.82) is 0 Å². The largest absolute Gasteiger partial charge is 0.312 e. The molecule has 2 atom stereocenters. The van der Waals surface area contributed by atoms with E-state index in [9.17, 15) is 0 Å². The molecule has 0 amide bonds. The normalized spacial score (nSPS) is 29.1. The van der Waals surface area contributed by atoms with Gasteiger partial charge in [-0.2, -0.15) is 0 Å². The van der Waals surface area contributed by atoms with Crippen LogP contribution >= 0.6 is 0 Å². The highest BCUT2D eigenvalue weighted by molar-refractivity contribution is 4.75. The van der Waals surface area contributed by atoms with Crippen LogP contribution in [-0.4, -0.2) is 12.1 Å². The average Bonchev–Trinajstić information content (AvgIpc) is 2.31. The third-order valence-corrected chi connectivity index (χ3v) is 3.35. The van der Waals surface area contributed by atoms with E-state index in [1.54, 1.807) is 0 Å². The predicted molar refractivity (Wildman–Crippen MR) is 63.5 cm³/mol. The van der Waals surface area contributed by atoms with Crippen molar-refractivity contribution in [1.82, 2.24) is 5.32 Å². The van der Waals surface area contributed by atoms with E-state index in [-0.39, 0.29) is 0 Å². The highest BCUT2D eigenvalue weighted by atomic mass is 14.9. The third-order valence-electron chi connectivity index (χ3n) is 3.35. The predicted octanol–water partition coefficient (Wildman–Crippen LogP) is 3.73. The molecule has 2 unspecified atom stereocenters. The van der Waals surface area contributed by atoms with Gasteiger partial charge in [0.2, 0.25) is 0 Å². The summed E-state index contributed by atoms with van der Waals surface area (Å²) in [4.78, 5) is 0. The first-order valence-corrected chi connectivity index (χ1v) is 6.48. The number of nitrogens with one attached hydrogen (secondary N) is 1. The van der Waals surface area contributed by atoms with Crippen LogP contribution in [0.2, 0.25) is 0 Å². The molecule has 0 spiro atoms. The molecule has 1 rings (SSSR count). The lowest BCUT2D eigenvalue weighted by Crippen LogP contribution is -2.34. The van der Waals surface area contributed by atoms with Crippen LogP contribution in [0.25, 0.3) is 0 Å². The molecule has 0 heterocycles. The SMILES string of the molecule is CCCC1CCCC(NC(C)C)CC1. The fourth-order valence-corrected chi connectivity index (χ4v) is 2.71. The Morgan fingerprint density at radius 3 is 2.57 bits per heavy atom. The Hall–Kier alpha value is -0.0400. The summed E-state index contributed by atoms with van der Waals surface area (Å²) >= 11 is 0. The minimum atomic E-state index is 0.655. The molecule has 0 aromatic rings. The van der Waals surface area contributed by atoms with E-state index in [4.69, 9.17) is 0 Å². The van der Waals surface area contributed by atoms with E-state index < -0.39 is 0 Å². The first-order chi connectivity index (χ1) is 6.72. The second-order valence-electron chi connectivity index (χ2n) is 5.18. The molecule has 1 nitrogen and oxygen atoms in total. The van der Waals surface area contributed by atoms with Gasteiger partial charge in [-0.25, -0.2) is 0 Å². The minimum absolute atomic E-state index is 0.655. The number of rotatable bonds is 4. The Morgan fingerprint density at radius 2 is 1.93 bits per heavy atom. The lowest BCUT2D eigenvalue weighted by atomic mass is 9.95. The van der Waals surface area contributed by atoms with E-state index in [2.05, 4.69) is 26.1 Å². The van der Waals surface area contributed by atoms with Crippen LogP contribution < -0.4 is 5.32 Å². The van der Waals surface area contributed by atoms with Crippen LogP contribution in [0.5, 0.6) is 0 Å². The Morgan fingerprint density at radius 1 is 1.14 bits per heavy atom. The second kappa shape index (κ2) is 6.44. The van der Waals surface area contributed by atoms with E-state index in [1.807, 2.05) is 0 Å². The van der Waals surface area contributed by atoms with Crippen LogP contribution in [-0.2, 0) is 0 Å². The lowest BCUT2D eigenvalue weighted by molar-refractivity contribution is 0.397. The van der Waals surface area contributed by atoms with Crippen LogP contribution in [0.4, 0.5) is 0 Å². The molecule has 84 valence electrons. The topological polar surface area (TPSA) is 12.0 Å². The van der Waals surface area contributed by atoms with Crippen molar-refractivity contribution >= 4 is 0 Å². The zero-order valence-electron chi connectivity index (χ0n) is 10.2. The molecule has 0 aromatic carbocycles. The van der Waals surface area contributed by atoms with Crippen LogP contribution in [0, 0.1) is 5.92 Å². The van der Waals surface area contributed by atoms with Gasteiger partial charge in [-0.3, -0.25) is 0 Å². The van der Waals surface area contributed by atoms with Gasteiger partial charge in [0.1, 0.15) is 0 Å². The summed E-state index contributed by atoms with van der Waals surface area (Å²) in [5, 5.41) is 3.68. The molecular weight excluding hydrogens is 170 g/mol. The van der Waals surface area contributed by atoms with Gasteiger partial charge < -0.3 is 5.32 Å². The molecule has 1 heteroatoms. The van der Waals surface area contributed by atoms with Crippen LogP contribution in [0.1, 0.15) is 65.7 Å². The van der Waals surface area contributed by atoms with Gasteiger partial charge in [-0.05, 0) is 25.2 Å². The van der Waals surface area contributed by atoms with Gasteiger partial charge in [0.05, 0.1) is 0 Å². The van der Waals surface area contributed by atoms with Gasteiger partial charge in [-0.15, -0.1) is 0 Å². The summed E-state index contributed by atoms with van der Waals surface area (Å²) < 4.78 is 0. The van der Waals surface area contributed by atoms with Gasteiger partial charge in [0.15, 0.2) is 0 Å². The molecule has 1 N–H and O–H groups in total. The molecule has 14 heavy (non-hydrogen) atoms. The highest BCUT2D eigenvalue weighted by Crippen LogP contribution is 2.26. The average molecular weight is 197 g/mol. The summed E-state index contributed by atoms with van der Waals surface area (Å²) in [7, 11) is 0. The fraction of sp³-hybridized carbons (Fsp3) is 1.00. The maximum atomic E-state index is 3.68. The first kappa shape index (κ1) is 12.0. The van der Waals surface area contributed by atoms with E-state index in [0.29, 0.717) is 6.04 Å². The lowest BCUT2D eigenvalue weighted by Gasteiger charge is -2.19. The second-order valence-corrected chi connectivity index (χ2v) is 5.18. The summed E-state index contributed by atoms with van der Waals surface area (Å²) in [6.45, 7) is 6.83. The first-order valence-electron chi connectivity index (χ1n) is 6.48. The molecule has 1 saturated carbocycles. The Kier molecular flexibility index (Phi) is 5.54. The standard InChI is InChI=1S/C13H27N/c1-4-6-12-7-5-8-13(10-9-12)14-11(2)3/h11-14H,4-10H2,1-3H3. The van der Waals surface area contributed by atoms with Crippen molar-refractivity contribution in [2.45, 2.75) is 77.8 Å². The fourth-order valence-electron chi connectivity index (χ4n) is 2.71. The van der Waals surface area contributed by atoms with Crippen molar-refractivity contribution in [2.75, 3.05) is 0 Å². The Balaban J connectivity index is 2.25. The van der Waals surface area contributed by atoms with E-state index in [1.165, 1.54) is 44.9 Å². The summed E-state index contributed by atoms with van der Waals surface area (Å²) in [5.41, 5.74) is 0. The maximum absolute atomic E-state index is 3.68. The molecular formula is C13H27N. The molecule has 1 fully saturated rings. The van der Waals surface area contributed by atoms with Crippen molar-refractivity contribution < 1.29 is 0 Å². The van der Waals surface area contributed by atoms with Crippen molar-refractivity contribution in [3.63, 3.8) is 0 Å². The third kappa shape index (κ3) is 4.45. The zero-order valence-corrected chi connectivity index (χ0v) is 10.2. The summed E-state index contributed by atoms with van der Waals surface area (Å²) in [6, 6.07) is 1.46. The monoisotopic (exact) mass is 197 g/mol. The quantitative estimate of drug-likeness (QED) is 0.677. The Labute approximate surface area is 89.7 Å². The zero-order chi connectivity index (χ0) is 10.4. The summed E-state index contributed by atoms with van der Waals surface area (Å²) in [5.74, 6) is 1.03. The molecule has 1 aliphatic rings. The molecule has 0 saturated heterocycles. The molecule has 0 bridgehead atoms. The molecule has 0 radical (unpaired) electrons. The van der Waals surface area contributed by atoms with Crippen LogP contribution in [0.3, 0.4) is 0 Å². The van der Waals surface area contributed by atoms with Gasteiger partial charge in [0.25, 0.3) is 0 Å². The molecule has 1 aliphatic carbocycles. The number of hydrogen-bond donors (Lipinski definition) is 1. The van der Waals surface area contributed by atoms with Crippen molar-refractivity contribution in [3.05, 3.63) is 0 Å². The minimum Gasteiger partial charge on any atom is -0.312 e. The van der Waals surface area contributed by atoms with E-state index >= 15 is 0 Å². The molecule has 0 aliphatic heterocycles. The van der Waals surface area contributed by atoms with Crippen LogP contribution in [0.15, 0.2) is 0 Å². The summed E-state index contributed by atoms with van der Waals surface area (Å²) in [6.07, 6.45) is 10.00. The molecule has 0 aromatic heterocycles. The smallest absolute Gasteiger partial charge is 0.00695 e. The van der Waals surface area contributed by atoms with Gasteiger partial charge in [-0.1, -0.05) is 46.5 Å². The Bertz CT molecular complexity index is 142. The highest BCUT2D eigenvalue weighted by Gasteiger charge is 2.18. The van der Waals surface area contributed by atoms with Crippen molar-refractivity contribution in [3.8, 4) is 0 Å². The van der Waals surface area contributed by atoms with Gasteiger partial charge >= 0.3 is 0 Å². The number of hydrogen-bond acceptors (Lipinski definition) is 1.